The van der Waals surface area contributed by atoms with Crippen molar-refractivity contribution in [3.8, 4) is 11.8 Å². The van der Waals surface area contributed by atoms with E-state index in [1.54, 1.807) is 18.3 Å². The number of amides is 1. The molecule has 4 nitrogen and oxygen atoms in total. The molecule has 1 aliphatic rings. The van der Waals surface area contributed by atoms with Gasteiger partial charge in [0.15, 0.2) is 0 Å². The summed E-state index contributed by atoms with van der Waals surface area (Å²) in [7, 11) is 0. The van der Waals surface area contributed by atoms with Gasteiger partial charge >= 0.3 is 0 Å². The minimum atomic E-state index is -0.229. The van der Waals surface area contributed by atoms with Gasteiger partial charge in [-0.25, -0.2) is 4.98 Å². The first-order chi connectivity index (χ1) is 10.1. The lowest BCUT2D eigenvalue weighted by Gasteiger charge is -2.33. The zero-order chi connectivity index (χ0) is 15.2. The molecule has 0 saturated heterocycles. The van der Waals surface area contributed by atoms with Gasteiger partial charge in [-0.05, 0) is 43.2 Å². The molecular weight excluding hydrogens is 264 g/mol. The topological polar surface area (TPSA) is 62.2 Å². The van der Waals surface area contributed by atoms with Crippen molar-refractivity contribution in [2.24, 2.45) is 11.8 Å². The van der Waals surface area contributed by atoms with Gasteiger partial charge in [0.2, 0.25) is 0 Å². The number of aliphatic hydroxyl groups excluding tert-OH is 1. The Balaban J connectivity index is 2.10. The van der Waals surface area contributed by atoms with Gasteiger partial charge in [-0.2, -0.15) is 0 Å². The van der Waals surface area contributed by atoms with Gasteiger partial charge in [0, 0.05) is 12.2 Å². The van der Waals surface area contributed by atoms with E-state index < -0.39 is 0 Å². The number of rotatable bonds is 2. The van der Waals surface area contributed by atoms with Crippen LogP contribution in [-0.4, -0.2) is 28.6 Å². The van der Waals surface area contributed by atoms with Crippen LogP contribution in [0.2, 0.25) is 0 Å². The maximum Gasteiger partial charge on any atom is 0.271 e. The summed E-state index contributed by atoms with van der Waals surface area (Å²) in [6.45, 7) is 4.22. The van der Waals surface area contributed by atoms with Crippen molar-refractivity contribution >= 4 is 5.91 Å². The van der Waals surface area contributed by atoms with E-state index in [1.165, 1.54) is 0 Å². The highest BCUT2D eigenvalue weighted by Crippen LogP contribution is 2.28. The molecule has 0 radical (unpaired) electrons. The molecule has 0 aliphatic heterocycles. The predicted molar refractivity (Wildman–Crippen MR) is 81.6 cm³/mol. The minimum Gasteiger partial charge on any atom is -0.384 e. The summed E-state index contributed by atoms with van der Waals surface area (Å²) in [5.74, 6) is 6.37. The average Bonchev–Trinajstić information content (AvgIpc) is 2.48. The number of aliphatic hydroxyl groups is 1. The second-order valence-corrected chi connectivity index (χ2v) is 5.83. The van der Waals surface area contributed by atoms with Gasteiger partial charge in [-0.1, -0.05) is 25.7 Å². The Morgan fingerprint density at radius 1 is 1.48 bits per heavy atom. The molecule has 2 rings (SSSR count). The minimum absolute atomic E-state index is 0.177. The van der Waals surface area contributed by atoms with E-state index in [-0.39, 0.29) is 18.6 Å². The fraction of sp³-hybridized carbons (Fsp3) is 0.529. The molecule has 1 saturated carbocycles. The Hall–Kier alpha value is -1.86. The molecule has 3 unspecified atom stereocenters. The molecule has 0 bridgehead atoms. The zero-order valence-corrected chi connectivity index (χ0v) is 12.6. The summed E-state index contributed by atoms with van der Waals surface area (Å²) in [5.41, 5.74) is 0.894. The van der Waals surface area contributed by atoms with Crippen molar-refractivity contribution < 1.29 is 9.90 Å². The lowest BCUT2D eigenvalue weighted by atomic mass is 9.80. The van der Waals surface area contributed by atoms with E-state index in [0.717, 1.165) is 25.2 Å². The summed E-state index contributed by atoms with van der Waals surface area (Å²) in [6, 6.07) is 3.69. The van der Waals surface area contributed by atoms with E-state index in [2.05, 4.69) is 36.0 Å². The number of nitrogens with zero attached hydrogens (tertiary/aromatic N) is 1. The zero-order valence-electron chi connectivity index (χ0n) is 12.6. The molecule has 3 atom stereocenters. The lowest BCUT2D eigenvalue weighted by Crippen LogP contribution is -2.42. The molecule has 1 aliphatic carbocycles. The van der Waals surface area contributed by atoms with Gasteiger partial charge in [0.1, 0.15) is 12.3 Å². The normalized spacial score (nSPS) is 24.8. The van der Waals surface area contributed by atoms with Gasteiger partial charge in [0.25, 0.3) is 5.91 Å². The molecule has 4 heteroatoms. The number of hydrogen-bond donors (Lipinski definition) is 2. The monoisotopic (exact) mass is 286 g/mol. The SMILES string of the molecule is CC1CCC(NC(=O)c2ncccc2C#CCO)C(C)C1. The fourth-order valence-corrected chi connectivity index (χ4v) is 2.94. The van der Waals surface area contributed by atoms with Crippen LogP contribution in [0.25, 0.3) is 0 Å². The van der Waals surface area contributed by atoms with Crippen molar-refractivity contribution in [3.05, 3.63) is 29.6 Å². The summed E-state index contributed by atoms with van der Waals surface area (Å²) in [4.78, 5) is 16.6. The van der Waals surface area contributed by atoms with Gasteiger partial charge < -0.3 is 10.4 Å². The molecule has 112 valence electrons. The summed E-state index contributed by atoms with van der Waals surface area (Å²) < 4.78 is 0. The molecule has 1 heterocycles. The second kappa shape index (κ2) is 7.24. The summed E-state index contributed by atoms with van der Waals surface area (Å²) in [6.07, 6.45) is 4.89. The lowest BCUT2D eigenvalue weighted by molar-refractivity contribution is 0.0894. The van der Waals surface area contributed by atoms with Crippen LogP contribution in [0.4, 0.5) is 0 Å². The molecule has 21 heavy (non-hydrogen) atoms. The number of pyridine rings is 1. The molecule has 2 N–H and O–H groups in total. The number of aromatic nitrogens is 1. The molecule has 0 aromatic carbocycles. The standard InChI is InChI=1S/C17H22N2O2/c1-12-7-8-15(13(2)11-12)19-17(21)16-14(6-4-10-20)5-3-9-18-16/h3,5,9,12-13,15,20H,7-8,10-11H2,1-2H3,(H,19,21). The largest absolute Gasteiger partial charge is 0.384 e. The fourth-order valence-electron chi connectivity index (χ4n) is 2.94. The molecule has 1 fully saturated rings. The van der Waals surface area contributed by atoms with Crippen molar-refractivity contribution in [3.63, 3.8) is 0 Å². The Bertz CT molecular complexity index is 559. The van der Waals surface area contributed by atoms with Gasteiger partial charge in [-0.15, -0.1) is 0 Å². The molecule has 1 amide bonds. The Morgan fingerprint density at radius 3 is 3.00 bits per heavy atom. The first-order valence-corrected chi connectivity index (χ1v) is 7.47. The van der Waals surface area contributed by atoms with Crippen LogP contribution in [0.3, 0.4) is 0 Å². The highest BCUT2D eigenvalue weighted by atomic mass is 16.2. The number of hydrogen-bond acceptors (Lipinski definition) is 3. The van der Waals surface area contributed by atoms with Crippen LogP contribution in [-0.2, 0) is 0 Å². The smallest absolute Gasteiger partial charge is 0.271 e. The average molecular weight is 286 g/mol. The van der Waals surface area contributed by atoms with Crippen molar-refractivity contribution in [2.45, 2.75) is 39.2 Å². The van der Waals surface area contributed by atoms with E-state index in [4.69, 9.17) is 5.11 Å². The van der Waals surface area contributed by atoms with Crippen molar-refractivity contribution in [1.82, 2.24) is 10.3 Å². The Morgan fingerprint density at radius 2 is 2.29 bits per heavy atom. The quantitative estimate of drug-likeness (QED) is 0.817. The van der Waals surface area contributed by atoms with Crippen LogP contribution >= 0.6 is 0 Å². The van der Waals surface area contributed by atoms with Crippen LogP contribution in [0.1, 0.15) is 49.2 Å². The third kappa shape index (κ3) is 4.05. The summed E-state index contributed by atoms with van der Waals surface area (Å²) in [5, 5.41) is 11.9. The Labute approximate surface area is 126 Å². The second-order valence-electron chi connectivity index (χ2n) is 5.83. The van der Waals surface area contributed by atoms with Gasteiger partial charge in [0.05, 0.1) is 5.56 Å². The molecule has 1 aromatic rings. The predicted octanol–water partition coefficient (Wildman–Crippen LogP) is 1.98. The van der Waals surface area contributed by atoms with Crippen molar-refractivity contribution in [2.75, 3.05) is 6.61 Å². The van der Waals surface area contributed by atoms with E-state index in [1.807, 2.05) is 0 Å². The van der Waals surface area contributed by atoms with Crippen LogP contribution in [0, 0.1) is 23.7 Å². The van der Waals surface area contributed by atoms with Crippen LogP contribution in [0.5, 0.6) is 0 Å². The third-order valence-electron chi connectivity index (χ3n) is 4.07. The van der Waals surface area contributed by atoms with E-state index >= 15 is 0 Å². The Kier molecular flexibility index (Phi) is 5.35. The number of carbonyl (C=O) groups excluding carboxylic acids is 1. The molecular formula is C17H22N2O2. The number of nitrogens with one attached hydrogen (secondary N) is 1. The van der Waals surface area contributed by atoms with Gasteiger partial charge in [-0.3, -0.25) is 4.79 Å². The highest BCUT2D eigenvalue weighted by Gasteiger charge is 2.27. The number of carbonyl (C=O) groups is 1. The maximum atomic E-state index is 12.4. The first-order valence-electron chi connectivity index (χ1n) is 7.47. The highest BCUT2D eigenvalue weighted by molar-refractivity contribution is 5.94. The third-order valence-corrected chi connectivity index (χ3v) is 4.07. The summed E-state index contributed by atoms with van der Waals surface area (Å²) >= 11 is 0. The molecule has 0 spiro atoms. The van der Waals surface area contributed by atoms with E-state index in [0.29, 0.717) is 17.2 Å². The molecule has 1 aromatic heterocycles. The van der Waals surface area contributed by atoms with Crippen LogP contribution < -0.4 is 5.32 Å². The van der Waals surface area contributed by atoms with E-state index in [9.17, 15) is 4.79 Å². The maximum absolute atomic E-state index is 12.4. The first kappa shape index (κ1) is 15.5. The van der Waals surface area contributed by atoms with Crippen LogP contribution in [0.15, 0.2) is 18.3 Å². The van der Waals surface area contributed by atoms with Crippen molar-refractivity contribution in [1.29, 1.82) is 0 Å².